The van der Waals surface area contributed by atoms with Crippen LogP contribution in [-0.4, -0.2) is 6.54 Å². The normalized spacial score (nSPS) is 24.6. The van der Waals surface area contributed by atoms with E-state index in [2.05, 4.69) is 0 Å². The van der Waals surface area contributed by atoms with Crippen LogP contribution in [0.1, 0.15) is 30.0 Å². The van der Waals surface area contributed by atoms with E-state index in [4.69, 9.17) is 5.73 Å². The van der Waals surface area contributed by atoms with Crippen molar-refractivity contribution in [3.8, 4) is 0 Å². The molecular formula is C12H14F3N. The van der Waals surface area contributed by atoms with Gasteiger partial charge in [0.25, 0.3) is 0 Å². The predicted octanol–water partition coefficient (Wildman–Crippen LogP) is 2.87. The van der Waals surface area contributed by atoms with Crippen LogP contribution in [0.5, 0.6) is 0 Å². The van der Waals surface area contributed by atoms with Gasteiger partial charge in [-0.1, -0.05) is 13.0 Å². The Hall–Kier alpha value is -1.03. The number of aryl methyl sites for hydroxylation is 1. The summed E-state index contributed by atoms with van der Waals surface area (Å²) < 4.78 is 37.7. The summed E-state index contributed by atoms with van der Waals surface area (Å²) in [6.07, 6.45) is -2.62. The first-order valence-electron chi connectivity index (χ1n) is 5.27. The van der Waals surface area contributed by atoms with Crippen molar-refractivity contribution in [2.75, 3.05) is 6.54 Å². The van der Waals surface area contributed by atoms with Gasteiger partial charge in [-0.25, -0.2) is 0 Å². The van der Waals surface area contributed by atoms with E-state index < -0.39 is 11.7 Å². The van der Waals surface area contributed by atoms with Gasteiger partial charge in [0.2, 0.25) is 0 Å². The van der Waals surface area contributed by atoms with Crippen LogP contribution in [-0.2, 0) is 18.0 Å². The quantitative estimate of drug-likeness (QED) is 0.787. The van der Waals surface area contributed by atoms with Gasteiger partial charge < -0.3 is 5.73 Å². The predicted molar refractivity (Wildman–Crippen MR) is 56.2 cm³/mol. The van der Waals surface area contributed by atoms with Gasteiger partial charge >= 0.3 is 6.18 Å². The third-order valence-corrected chi connectivity index (χ3v) is 3.48. The van der Waals surface area contributed by atoms with Crippen molar-refractivity contribution in [3.05, 3.63) is 34.9 Å². The summed E-state index contributed by atoms with van der Waals surface area (Å²) >= 11 is 0. The molecule has 4 heteroatoms. The number of rotatable bonds is 1. The lowest BCUT2D eigenvalue weighted by Crippen LogP contribution is -2.29. The number of hydrogen-bond acceptors (Lipinski definition) is 1. The Morgan fingerprint density at radius 3 is 2.62 bits per heavy atom. The molecule has 88 valence electrons. The highest BCUT2D eigenvalue weighted by Crippen LogP contribution is 2.41. The number of halogens is 3. The molecule has 0 aliphatic heterocycles. The highest BCUT2D eigenvalue weighted by molar-refractivity contribution is 5.42. The van der Waals surface area contributed by atoms with E-state index in [9.17, 15) is 13.2 Å². The SMILES string of the molecule is CC1(CN)CCc2ccc(C(F)(F)F)cc21. The molecule has 0 aromatic heterocycles. The number of nitrogens with two attached hydrogens (primary N) is 1. The minimum Gasteiger partial charge on any atom is -0.330 e. The zero-order chi connectivity index (χ0) is 12.0. The third-order valence-electron chi connectivity index (χ3n) is 3.48. The smallest absolute Gasteiger partial charge is 0.330 e. The molecule has 2 N–H and O–H groups in total. The molecule has 0 heterocycles. The van der Waals surface area contributed by atoms with Crippen LogP contribution < -0.4 is 5.73 Å². The second-order valence-electron chi connectivity index (χ2n) is 4.63. The average molecular weight is 229 g/mol. The van der Waals surface area contributed by atoms with Crippen LogP contribution in [0.2, 0.25) is 0 Å². The average Bonchev–Trinajstić information content (AvgIpc) is 2.56. The van der Waals surface area contributed by atoms with E-state index in [1.165, 1.54) is 6.07 Å². The zero-order valence-corrected chi connectivity index (χ0v) is 9.06. The molecule has 1 aromatic carbocycles. The van der Waals surface area contributed by atoms with Gasteiger partial charge in [-0.15, -0.1) is 0 Å². The Morgan fingerprint density at radius 1 is 1.38 bits per heavy atom. The van der Waals surface area contributed by atoms with E-state index >= 15 is 0 Å². The van der Waals surface area contributed by atoms with Crippen molar-refractivity contribution in [3.63, 3.8) is 0 Å². The highest BCUT2D eigenvalue weighted by Gasteiger charge is 2.37. The van der Waals surface area contributed by atoms with Crippen molar-refractivity contribution < 1.29 is 13.2 Å². The Kier molecular flexibility index (Phi) is 2.49. The standard InChI is InChI=1S/C12H14F3N/c1-11(7-16)5-4-8-2-3-9(6-10(8)11)12(13,14)15/h2-3,6H,4-5,7,16H2,1H3. The van der Waals surface area contributed by atoms with E-state index in [-0.39, 0.29) is 5.41 Å². The maximum Gasteiger partial charge on any atom is 0.416 e. The molecule has 1 aromatic rings. The lowest BCUT2D eigenvalue weighted by Gasteiger charge is -2.23. The van der Waals surface area contributed by atoms with Crippen LogP contribution in [0.25, 0.3) is 0 Å². The summed E-state index contributed by atoms with van der Waals surface area (Å²) in [4.78, 5) is 0. The van der Waals surface area contributed by atoms with Gasteiger partial charge in [0, 0.05) is 12.0 Å². The van der Waals surface area contributed by atoms with Gasteiger partial charge in [-0.2, -0.15) is 13.2 Å². The molecule has 0 saturated heterocycles. The first-order valence-corrected chi connectivity index (χ1v) is 5.27. The van der Waals surface area contributed by atoms with Gasteiger partial charge in [-0.3, -0.25) is 0 Å². The van der Waals surface area contributed by atoms with Gasteiger partial charge in [-0.05, 0) is 36.1 Å². The van der Waals surface area contributed by atoms with Crippen molar-refractivity contribution in [2.45, 2.75) is 31.4 Å². The number of benzene rings is 1. The molecule has 1 unspecified atom stereocenters. The largest absolute Gasteiger partial charge is 0.416 e. The summed E-state index contributed by atoms with van der Waals surface area (Å²) in [6, 6.07) is 4.00. The van der Waals surface area contributed by atoms with E-state index in [1.54, 1.807) is 6.07 Å². The topological polar surface area (TPSA) is 26.0 Å². The number of hydrogen-bond donors (Lipinski definition) is 1. The Morgan fingerprint density at radius 2 is 2.06 bits per heavy atom. The molecule has 16 heavy (non-hydrogen) atoms. The molecule has 1 aliphatic rings. The van der Waals surface area contributed by atoms with Gasteiger partial charge in [0.1, 0.15) is 0 Å². The second-order valence-corrected chi connectivity index (χ2v) is 4.63. The minimum atomic E-state index is -4.27. The monoisotopic (exact) mass is 229 g/mol. The Labute approximate surface area is 92.5 Å². The lowest BCUT2D eigenvalue weighted by atomic mass is 9.83. The van der Waals surface area contributed by atoms with Crippen LogP contribution in [0.15, 0.2) is 18.2 Å². The second kappa shape index (κ2) is 3.48. The van der Waals surface area contributed by atoms with E-state index in [1.807, 2.05) is 6.92 Å². The number of fused-ring (bicyclic) bond motifs is 1. The fraction of sp³-hybridized carbons (Fsp3) is 0.500. The highest BCUT2D eigenvalue weighted by atomic mass is 19.4. The molecule has 1 nitrogen and oxygen atoms in total. The van der Waals surface area contributed by atoms with Crippen molar-refractivity contribution in [1.82, 2.24) is 0 Å². The maximum atomic E-state index is 12.6. The molecule has 0 saturated carbocycles. The fourth-order valence-electron chi connectivity index (χ4n) is 2.29. The molecule has 1 aliphatic carbocycles. The Bertz CT molecular complexity index is 411. The molecule has 0 spiro atoms. The van der Waals surface area contributed by atoms with Crippen LogP contribution in [0.4, 0.5) is 13.2 Å². The summed E-state index contributed by atoms with van der Waals surface area (Å²) in [5, 5.41) is 0. The fourth-order valence-corrected chi connectivity index (χ4v) is 2.29. The van der Waals surface area contributed by atoms with E-state index in [0.29, 0.717) is 6.54 Å². The first kappa shape index (κ1) is 11.5. The van der Waals surface area contributed by atoms with Gasteiger partial charge in [0.15, 0.2) is 0 Å². The Balaban J connectivity index is 2.50. The zero-order valence-electron chi connectivity index (χ0n) is 9.06. The van der Waals surface area contributed by atoms with Crippen molar-refractivity contribution >= 4 is 0 Å². The first-order chi connectivity index (χ1) is 7.37. The summed E-state index contributed by atoms with van der Waals surface area (Å²) in [6.45, 7) is 2.32. The van der Waals surface area contributed by atoms with Crippen molar-refractivity contribution in [1.29, 1.82) is 0 Å². The van der Waals surface area contributed by atoms with Gasteiger partial charge in [0.05, 0.1) is 5.56 Å². The molecule has 0 amide bonds. The molecule has 1 atom stereocenters. The minimum absolute atomic E-state index is 0.295. The van der Waals surface area contributed by atoms with Crippen LogP contribution >= 0.6 is 0 Å². The number of alkyl halides is 3. The van der Waals surface area contributed by atoms with Crippen molar-refractivity contribution in [2.24, 2.45) is 5.73 Å². The summed E-state index contributed by atoms with van der Waals surface area (Å²) in [5.74, 6) is 0. The molecular weight excluding hydrogens is 215 g/mol. The van der Waals surface area contributed by atoms with E-state index in [0.717, 1.165) is 30.0 Å². The third kappa shape index (κ3) is 1.71. The summed E-state index contributed by atoms with van der Waals surface area (Å²) in [7, 11) is 0. The van der Waals surface area contributed by atoms with Crippen LogP contribution in [0, 0.1) is 0 Å². The molecule has 0 radical (unpaired) electrons. The molecule has 2 rings (SSSR count). The molecule has 0 bridgehead atoms. The van der Waals surface area contributed by atoms with Crippen LogP contribution in [0.3, 0.4) is 0 Å². The summed E-state index contributed by atoms with van der Waals surface area (Å²) in [5.41, 5.74) is 6.56. The maximum absolute atomic E-state index is 12.6. The molecule has 0 fully saturated rings. The lowest BCUT2D eigenvalue weighted by molar-refractivity contribution is -0.137.